The second-order valence-electron chi connectivity index (χ2n) is 4.91. The molecule has 0 bridgehead atoms. The molecule has 1 aliphatic carbocycles. The minimum absolute atomic E-state index is 0.106. The highest BCUT2D eigenvalue weighted by Gasteiger charge is 2.46. The van der Waals surface area contributed by atoms with Crippen LogP contribution in [-0.2, 0) is 4.79 Å². The monoisotopic (exact) mass is 214 g/mol. The molecule has 1 rings (SSSR count). The third-order valence-electron chi connectivity index (χ3n) is 3.62. The molecule has 0 saturated heterocycles. The van der Waals surface area contributed by atoms with Crippen molar-refractivity contribution in [2.75, 3.05) is 20.1 Å². The zero-order valence-electron chi connectivity index (χ0n) is 10.1. The molecule has 0 spiro atoms. The molecule has 1 aliphatic rings. The Kier molecular flexibility index (Phi) is 3.73. The first kappa shape index (κ1) is 12.5. The smallest absolute Gasteiger partial charge is 0.236 e. The second-order valence-corrected chi connectivity index (χ2v) is 4.91. The fourth-order valence-corrected chi connectivity index (χ4v) is 1.77. The summed E-state index contributed by atoms with van der Waals surface area (Å²) in [6, 6.07) is 0.252. The third-order valence-corrected chi connectivity index (χ3v) is 3.62. The quantitative estimate of drug-likeness (QED) is 0.703. The first-order chi connectivity index (χ1) is 6.89. The van der Waals surface area contributed by atoms with Crippen LogP contribution >= 0.6 is 0 Å². The molecule has 4 nitrogen and oxygen atoms in total. The number of aliphatic hydroxyl groups is 1. The molecule has 1 amide bonds. The largest absolute Gasteiger partial charge is 0.392 e. The topological polar surface area (TPSA) is 52.6 Å². The predicted octanol–water partition coefficient (Wildman–Crippen LogP) is 0.214. The molecular weight excluding hydrogens is 192 g/mol. The van der Waals surface area contributed by atoms with E-state index in [4.69, 9.17) is 0 Å². The van der Waals surface area contributed by atoms with Crippen LogP contribution in [-0.4, -0.2) is 48.2 Å². The first-order valence-corrected chi connectivity index (χ1v) is 5.55. The summed E-state index contributed by atoms with van der Waals surface area (Å²) in [4.78, 5) is 13.2. The normalized spacial score (nSPS) is 28.3. The molecule has 2 N–H and O–H groups in total. The minimum atomic E-state index is -0.242. The zero-order chi connectivity index (χ0) is 11.6. The van der Waals surface area contributed by atoms with Gasteiger partial charge in [-0.3, -0.25) is 4.79 Å². The number of nitrogens with zero attached hydrogens (tertiary/aromatic N) is 1. The van der Waals surface area contributed by atoms with Gasteiger partial charge in [0.1, 0.15) is 0 Å². The fraction of sp³-hybridized carbons (Fsp3) is 0.909. The number of carbonyl (C=O) groups excluding carboxylic acids is 1. The van der Waals surface area contributed by atoms with E-state index >= 15 is 0 Å². The van der Waals surface area contributed by atoms with E-state index in [2.05, 4.69) is 5.32 Å². The minimum Gasteiger partial charge on any atom is -0.392 e. The summed E-state index contributed by atoms with van der Waals surface area (Å²) in [5.74, 6) is 0.106. The molecule has 1 fully saturated rings. The fourth-order valence-electron chi connectivity index (χ4n) is 1.77. The van der Waals surface area contributed by atoms with Crippen LogP contribution in [0.3, 0.4) is 0 Å². The number of amides is 1. The van der Waals surface area contributed by atoms with Gasteiger partial charge in [0.05, 0.1) is 12.6 Å². The Balaban J connectivity index is 2.30. The number of hydrogen-bond acceptors (Lipinski definition) is 3. The van der Waals surface area contributed by atoms with E-state index in [9.17, 15) is 9.90 Å². The summed E-state index contributed by atoms with van der Waals surface area (Å²) >= 11 is 0. The molecule has 0 aromatic rings. The molecule has 4 heteroatoms. The Morgan fingerprint density at radius 1 is 1.60 bits per heavy atom. The van der Waals surface area contributed by atoms with Gasteiger partial charge < -0.3 is 15.3 Å². The van der Waals surface area contributed by atoms with Gasteiger partial charge in [0, 0.05) is 25.0 Å². The highest BCUT2D eigenvalue weighted by Crippen LogP contribution is 2.40. The molecule has 0 radical (unpaired) electrons. The van der Waals surface area contributed by atoms with Gasteiger partial charge in [0.15, 0.2) is 0 Å². The van der Waals surface area contributed by atoms with Crippen molar-refractivity contribution in [2.24, 2.45) is 5.41 Å². The average Bonchev–Trinajstić information content (AvgIpc) is 2.22. The van der Waals surface area contributed by atoms with Crippen LogP contribution in [0.1, 0.15) is 27.2 Å². The predicted molar refractivity (Wildman–Crippen MR) is 59.5 cm³/mol. The molecule has 15 heavy (non-hydrogen) atoms. The molecular formula is C11H22N2O2. The average molecular weight is 214 g/mol. The summed E-state index contributed by atoms with van der Waals surface area (Å²) in [5.41, 5.74) is -0.106. The summed E-state index contributed by atoms with van der Waals surface area (Å²) in [5, 5.41) is 12.7. The molecule has 2 atom stereocenters. The van der Waals surface area contributed by atoms with E-state index in [0.29, 0.717) is 6.54 Å². The molecule has 1 saturated carbocycles. The Hall–Kier alpha value is -0.610. The SMILES string of the molecule is CCN(C)C(=O)CNC1CC(O)C1(C)C. The standard InChI is InChI=1S/C11H22N2O2/c1-5-13(4)10(15)7-12-8-6-9(14)11(8,2)3/h8-9,12,14H,5-7H2,1-4H3. The number of likely N-dealkylation sites (N-methyl/N-ethyl adjacent to an activating group) is 1. The maximum Gasteiger partial charge on any atom is 0.236 e. The number of hydrogen-bond donors (Lipinski definition) is 2. The highest BCUT2D eigenvalue weighted by atomic mass is 16.3. The summed E-state index contributed by atoms with van der Waals surface area (Å²) in [7, 11) is 1.80. The second kappa shape index (κ2) is 4.49. The van der Waals surface area contributed by atoms with Gasteiger partial charge in [-0.1, -0.05) is 13.8 Å². The van der Waals surface area contributed by atoms with Gasteiger partial charge in [-0.25, -0.2) is 0 Å². The van der Waals surface area contributed by atoms with E-state index < -0.39 is 0 Å². The van der Waals surface area contributed by atoms with Crippen molar-refractivity contribution in [1.29, 1.82) is 0 Å². The highest BCUT2D eigenvalue weighted by molar-refractivity contribution is 5.77. The number of carbonyl (C=O) groups is 1. The van der Waals surface area contributed by atoms with Crippen molar-refractivity contribution < 1.29 is 9.90 Å². The number of aliphatic hydroxyl groups excluding tert-OH is 1. The van der Waals surface area contributed by atoms with E-state index in [1.165, 1.54) is 0 Å². The first-order valence-electron chi connectivity index (χ1n) is 5.55. The maximum absolute atomic E-state index is 11.5. The van der Waals surface area contributed by atoms with E-state index in [-0.39, 0.29) is 23.5 Å². The van der Waals surface area contributed by atoms with Crippen LogP contribution in [0, 0.1) is 5.41 Å². The van der Waals surface area contributed by atoms with E-state index in [1.807, 2.05) is 20.8 Å². The van der Waals surface area contributed by atoms with Crippen molar-refractivity contribution in [2.45, 2.75) is 39.3 Å². The van der Waals surface area contributed by atoms with Crippen LogP contribution in [0.25, 0.3) is 0 Å². The summed E-state index contributed by atoms with van der Waals surface area (Å²) < 4.78 is 0. The van der Waals surface area contributed by atoms with Gasteiger partial charge >= 0.3 is 0 Å². The molecule has 2 unspecified atom stereocenters. The van der Waals surface area contributed by atoms with Crippen molar-refractivity contribution in [3.05, 3.63) is 0 Å². The van der Waals surface area contributed by atoms with Crippen molar-refractivity contribution in [1.82, 2.24) is 10.2 Å². The summed E-state index contributed by atoms with van der Waals surface area (Å²) in [6.45, 7) is 7.09. The number of rotatable bonds is 4. The lowest BCUT2D eigenvalue weighted by Gasteiger charge is -2.49. The lowest BCUT2D eigenvalue weighted by molar-refractivity contribution is -0.130. The molecule has 0 aromatic heterocycles. The Morgan fingerprint density at radius 2 is 2.20 bits per heavy atom. The Bertz CT molecular complexity index is 241. The van der Waals surface area contributed by atoms with Crippen molar-refractivity contribution in [3.63, 3.8) is 0 Å². The molecule has 88 valence electrons. The van der Waals surface area contributed by atoms with E-state index in [1.54, 1.807) is 11.9 Å². The lowest BCUT2D eigenvalue weighted by Crippen LogP contribution is -2.61. The molecule has 0 heterocycles. The third kappa shape index (κ3) is 2.49. The van der Waals surface area contributed by atoms with Crippen molar-refractivity contribution in [3.8, 4) is 0 Å². The van der Waals surface area contributed by atoms with Gasteiger partial charge in [0.25, 0.3) is 0 Å². The lowest BCUT2D eigenvalue weighted by atomic mass is 9.64. The maximum atomic E-state index is 11.5. The van der Waals surface area contributed by atoms with Crippen LogP contribution in [0.2, 0.25) is 0 Å². The Morgan fingerprint density at radius 3 is 2.60 bits per heavy atom. The summed E-state index contributed by atoms with van der Waals surface area (Å²) in [6.07, 6.45) is 0.504. The van der Waals surface area contributed by atoms with Crippen LogP contribution in [0.15, 0.2) is 0 Å². The van der Waals surface area contributed by atoms with Gasteiger partial charge in [-0.05, 0) is 13.3 Å². The zero-order valence-corrected chi connectivity index (χ0v) is 10.1. The Labute approximate surface area is 91.6 Å². The molecule has 0 aromatic carbocycles. The van der Waals surface area contributed by atoms with Gasteiger partial charge in [-0.2, -0.15) is 0 Å². The molecule has 0 aliphatic heterocycles. The van der Waals surface area contributed by atoms with E-state index in [0.717, 1.165) is 13.0 Å². The van der Waals surface area contributed by atoms with Crippen LogP contribution in [0.5, 0.6) is 0 Å². The van der Waals surface area contributed by atoms with Gasteiger partial charge in [-0.15, -0.1) is 0 Å². The van der Waals surface area contributed by atoms with Crippen molar-refractivity contribution >= 4 is 5.91 Å². The van der Waals surface area contributed by atoms with Gasteiger partial charge in [0.2, 0.25) is 5.91 Å². The van der Waals surface area contributed by atoms with Crippen LogP contribution < -0.4 is 5.32 Å². The number of nitrogens with one attached hydrogen (secondary N) is 1. The van der Waals surface area contributed by atoms with Crippen LogP contribution in [0.4, 0.5) is 0 Å².